The number of hydrogen-bond donors (Lipinski definition) is 2. The Morgan fingerprint density at radius 3 is 2.38 bits per heavy atom. The summed E-state index contributed by atoms with van der Waals surface area (Å²) in [6, 6.07) is 0. The summed E-state index contributed by atoms with van der Waals surface area (Å²) >= 11 is 0. The van der Waals surface area contributed by atoms with Crippen molar-refractivity contribution < 1.29 is 24.1 Å². The van der Waals surface area contributed by atoms with E-state index in [0.717, 1.165) is 0 Å². The Balaban J connectivity index is 1.84. The largest absolute Gasteiger partial charge is 0.445 e. The molecular weight excluding hydrogens is 216 g/mol. The number of nitrogens with zero attached hydrogens (tertiary/aromatic N) is 1. The summed E-state index contributed by atoms with van der Waals surface area (Å²) in [5.74, 6) is 0. The molecule has 7 nitrogen and oxygen atoms in total. The fourth-order valence-corrected chi connectivity index (χ4v) is 0.907. The molecule has 0 spiro atoms. The van der Waals surface area contributed by atoms with Crippen LogP contribution in [0.25, 0.3) is 0 Å². The number of aliphatic hydroxyl groups is 1. The van der Waals surface area contributed by atoms with Crippen molar-refractivity contribution in [3.05, 3.63) is 12.4 Å². The van der Waals surface area contributed by atoms with Crippen molar-refractivity contribution in [3.63, 3.8) is 0 Å². The van der Waals surface area contributed by atoms with E-state index in [9.17, 15) is 4.79 Å². The summed E-state index contributed by atoms with van der Waals surface area (Å²) in [6.07, 6.45) is 2.73. The van der Waals surface area contributed by atoms with Crippen LogP contribution in [0.4, 0.5) is 4.79 Å². The van der Waals surface area contributed by atoms with E-state index in [1.807, 2.05) is 0 Å². The average molecular weight is 232 g/mol. The smallest absolute Gasteiger partial charge is 0.432 e. The highest BCUT2D eigenvalue weighted by Crippen LogP contribution is 1.89. The van der Waals surface area contributed by atoms with Gasteiger partial charge >= 0.3 is 6.09 Å². The summed E-state index contributed by atoms with van der Waals surface area (Å²) < 4.78 is 16.2. The Labute approximate surface area is 92.9 Å². The number of aliphatic hydroxyl groups excluding tert-OH is 1. The molecule has 1 heterocycles. The molecule has 1 aromatic heterocycles. The third-order valence-electron chi connectivity index (χ3n) is 1.69. The molecule has 0 aliphatic carbocycles. The Bertz CT molecular complexity index is 274. The van der Waals surface area contributed by atoms with Gasteiger partial charge in [0.05, 0.1) is 39.2 Å². The van der Waals surface area contributed by atoms with Crippen molar-refractivity contribution in [1.29, 1.82) is 0 Å². The van der Waals surface area contributed by atoms with Crippen molar-refractivity contribution in [1.82, 2.24) is 9.78 Å². The first-order valence-electron chi connectivity index (χ1n) is 5.00. The number of hydrogen-bond acceptors (Lipinski definition) is 5. The first-order chi connectivity index (χ1) is 7.84. The molecule has 0 radical (unpaired) electrons. The lowest BCUT2D eigenvalue weighted by Gasteiger charge is -2.09. The summed E-state index contributed by atoms with van der Waals surface area (Å²) in [5, 5.41) is 11.0. The van der Waals surface area contributed by atoms with Crippen LogP contribution in [-0.4, -0.2) is 60.6 Å². The average Bonchev–Trinajstić information content (AvgIpc) is 2.19. The van der Waals surface area contributed by atoms with E-state index >= 15 is 0 Å². The molecule has 0 aromatic carbocycles. The lowest BCUT2D eigenvalue weighted by molar-refractivity contribution is 0.0183. The van der Waals surface area contributed by atoms with Crippen LogP contribution in [0.1, 0.15) is 0 Å². The molecule has 1 rings (SSSR count). The molecular formula is C9H16N2O5. The summed E-state index contributed by atoms with van der Waals surface area (Å²) in [5.41, 5.74) is 0. The lowest BCUT2D eigenvalue weighted by atomic mass is 10.7. The minimum atomic E-state index is -0.456. The molecule has 16 heavy (non-hydrogen) atoms. The monoisotopic (exact) mass is 232 g/mol. The predicted molar refractivity (Wildman–Crippen MR) is 54.3 cm³/mol. The van der Waals surface area contributed by atoms with Crippen LogP contribution in [0.5, 0.6) is 0 Å². The van der Waals surface area contributed by atoms with Gasteiger partial charge in [0.25, 0.3) is 0 Å². The number of H-pyrrole nitrogens is 1. The lowest BCUT2D eigenvalue weighted by Crippen LogP contribution is -2.21. The SMILES string of the molecule is O=C(OCCOCCOCCO)n1cc[nH]1. The van der Waals surface area contributed by atoms with Gasteiger partial charge in [0, 0.05) is 6.20 Å². The van der Waals surface area contributed by atoms with Crippen molar-refractivity contribution in [2.75, 3.05) is 39.6 Å². The second kappa shape index (κ2) is 7.91. The van der Waals surface area contributed by atoms with E-state index in [4.69, 9.17) is 19.3 Å². The minimum Gasteiger partial charge on any atom is -0.445 e. The van der Waals surface area contributed by atoms with Crippen LogP contribution in [0.2, 0.25) is 0 Å². The number of aromatic nitrogens is 2. The van der Waals surface area contributed by atoms with Gasteiger partial charge in [-0.1, -0.05) is 0 Å². The molecule has 0 aliphatic heterocycles. The summed E-state index contributed by atoms with van der Waals surface area (Å²) in [4.78, 5) is 11.1. The highest BCUT2D eigenvalue weighted by Gasteiger charge is 2.04. The standard InChI is InChI=1S/C9H16N2O5/c12-3-4-14-5-6-15-7-8-16-9(13)11-2-1-10-11/h1-2,10,12H,3-8H2. The van der Waals surface area contributed by atoms with E-state index in [1.54, 1.807) is 12.4 Å². The molecule has 0 bridgehead atoms. The van der Waals surface area contributed by atoms with Gasteiger partial charge in [-0.05, 0) is 0 Å². The molecule has 7 heteroatoms. The van der Waals surface area contributed by atoms with Gasteiger partial charge < -0.3 is 19.3 Å². The number of aromatic amines is 1. The van der Waals surface area contributed by atoms with Crippen LogP contribution < -0.4 is 0 Å². The first kappa shape index (κ1) is 12.8. The van der Waals surface area contributed by atoms with E-state index in [2.05, 4.69) is 5.10 Å². The fraction of sp³-hybridized carbons (Fsp3) is 0.667. The zero-order valence-corrected chi connectivity index (χ0v) is 8.92. The van der Waals surface area contributed by atoms with Gasteiger partial charge in [-0.3, -0.25) is 5.10 Å². The maximum absolute atomic E-state index is 11.1. The van der Waals surface area contributed by atoms with E-state index in [1.165, 1.54) is 4.68 Å². The molecule has 0 atom stereocenters. The molecule has 0 saturated carbocycles. The highest BCUT2D eigenvalue weighted by molar-refractivity contribution is 5.69. The van der Waals surface area contributed by atoms with Gasteiger partial charge in [0.1, 0.15) is 6.61 Å². The maximum Gasteiger partial charge on any atom is 0.432 e. The minimum absolute atomic E-state index is 0.00790. The van der Waals surface area contributed by atoms with Crippen molar-refractivity contribution >= 4 is 6.09 Å². The Kier molecular flexibility index (Phi) is 6.31. The van der Waals surface area contributed by atoms with Crippen LogP contribution >= 0.6 is 0 Å². The molecule has 0 unspecified atom stereocenters. The van der Waals surface area contributed by atoms with Gasteiger partial charge in [0.15, 0.2) is 0 Å². The van der Waals surface area contributed by atoms with Gasteiger partial charge in [-0.2, -0.15) is 4.68 Å². The molecule has 2 N–H and O–H groups in total. The number of ether oxygens (including phenoxy) is 3. The topological polar surface area (TPSA) is 85.7 Å². The van der Waals surface area contributed by atoms with Crippen LogP contribution in [-0.2, 0) is 14.2 Å². The Morgan fingerprint density at radius 2 is 1.81 bits per heavy atom. The second-order valence-corrected chi connectivity index (χ2v) is 2.88. The van der Waals surface area contributed by atoms with E-state index in [-0.39, 0.29) is 13.2 Å². The van der Waals surface area contributed by atoms with Crippen molar-refractivity contribution in [2.24, 2.45) is 0 Å². The van der Waals surface area contributed by atoms with Gasteiger partial charge in [-0.15, -0.1) is 0 Å². The third kappa shape index (κ3) is 4.96. The van der Waals surface area contributed by atoms with Crippen LogP contribution in [0.3, 0.4) is 0 Å². The third-order valence-corrected chi connectivity index (χ3v) is 1.69. The van der Waals surface area contributed by atoms with Crippen LogP contribution in [0, 0.1) is 0 Å². The molecule has 0 fully saturated rings. The molecule has 92 valence electrons. The Morgan fingerprint density at radius 1 is 1.19 bits per heavy atom. The van der Waals surface area contributed by atoms with E-state index < -0.39 is 6.09 Å². The first-order valence-corrected chi connectivity index (χ1v) is 5.00. The number of carbonyl (C=O) groups excluding carboxylic acids is 1. The molecule has 0 amide bonds. The second-order valence-electron chi connectivity index (χ2n) is 2.88. The van der Waals surface area contributed by atoms with Gasteiger partial charge in [0.2, 0.25) is 0 Å². The highest BCUT2D eigenvalue weighted by atomic mass is 16.6. The zero-order chi connectivity index (χ0) is 11.6. The maximum atomic E-state index is 11.1. The molecule has 0 aliphatic rings. The summed E-state index contributed by atoms with van der Waals surface area (Å²) in [6.45, 7) is 1.68. The number of nitrogens with one attached hydrogen (secondary N) is 1. The molecule has 1 aromatic rings. The zero-order valence-electron chi connectivity index (χ0n) is 8.92. The van der Waals surface area contributed by atoms with Gasteiger partial charge in [-0.25, -0.2) is 4.79 Å². The quantitative estimate of drug-likeness (QED) is 0.607. The normalized spacial score (nSPS) is 10.6. The fourth-order valence-electron chi connectivity index (χ4n) is 0.907. The predicted octanol–water partition coefficient (Wildman–Crippen LogP) is -0.174. The van der Waals surface area contributed by atoms with E-state index in [0.29, 0.717) is 26.4 Å². The van der Waals surface area contributed by atoms with Crippen molar-refractivity contribution in [3.8, 4) is 0 Å². The molecule has 0 saturated heterocycles. The van der Waals surface area contributed by atoms with Crippen molar-refractivity contribution in [2.45, 2.75) is 0 Å². The Hall–Kier alpha value is -1.31. The number of carbonyl (C=O) groups is 1. The number of rotatable bonds is 8. The summed E-state index contributed by atoms with van der Waals surface area (Å²) in [7, 11) is 0. The van der Waals surface area contributed by atoms with Crippen LogP contribution in [0.15, 0.2) is 12.4 Å².